The topological polar surface area (TPSA) is 66.0 Å². The van der Waals surface area contributed by atoms with Gasteiger partial charge in [-0.3, -0.25) is 4.79 Å². The van der Waals surface area contributed by atoms with E-state index < -0.39 is 0 Å². The molecular weight excluding hydrogens is 310 g/mol. The van der Waals surface area contributed by atoms with Crippen LogP contribution in [0.5, 0.6) is 23.0 Å². The molecule has 2 aromatic carbocycles. The molecule has 0 fully saturated rings. The van der Waals surface area contributed by atoms with Crippen LogP contribution in [0.25, 0.3) is 0 Å². The van der Waals surface area contributed by atoms with Gasteiger partial charge in [-0.1, -0.05) is 6.07 Å². The predicted octanol–water partition coefficient (Wildman–Crippen LogP) is 2.52. The van der Waals surface area contributed by atoms with Crippen molar-refractivity contribution >= 4 is 5.91 Å². The van der Waals surface area contributed by atoms with Gasteiger partial charge in [0.15, 0.2) is 11.5 Å². The van der Waals surface area contributed by atoms with Crippen LogP contribution in [0.1, 0.15) is 10.4 Å². The van der Waals surface area contributed by atoms with Crippen LogP contribution in [-0.2, 0) is 0 Å². The normalized spacial score (nSPS) is 9.96. The van der Waals surface area contributed by atoms with Crippen molar-refractivity contribution in [1.29, 1.82) is 0 Å². The number of methoxy groups -OCH3 is 3. The van der Waals surface area contributed by atoms with Crippen molar-refractivity contribution in [3.63, 3.8) is 0 Å². The Hall–Kier alpha value is -2.89. The Morgan fingerprint density at radius 2 is 1.62 bits per heavy atom. The molecule has 0 heterocycles. The lowest BCUT2D eigenvalue weighted by Crippen LogP contribution is -2.28. The first kappa shape index (κ1) is 17.5. The highest BCUT2D eigenvalue weighted by atomic mass is 16.5. The second kappa shape index (κ2) is 8.67. The molecule has 128 valence electrons. The van der Waals surface area contributed by atoms with Crippen molar-refractivity contribution in [2.24, 2.45) is 0 Å². The highest BCUT2D eigenvalue weighted by molar-refractivity contribution is 5.94. The monoisotopic (exact) mass is 331 g/mol. The highest BCUT2D eigenvalue weighted by Crippen LogP contribution is 2.36. The smallest absolute Gasteiger partial charge is 0.251 e. The number of nitrogens with one attached hydrogen (secondary N) is 1. The van der Waals surface area contributed by atoms with Gasteiger partial charge in [-0.2, -0.15) is 0 Å². The summed E-state index contributed by atoms with van der Waals surface area (Å²) in [5, 5.41) is 2.80. The molecule has 0 saturated carbocycles. The molecular formula is C18H21NO5. The third-order valence-electron chi connectivity index (χ3n) is 3.36. The first-order valence-electron chi connectivity index (χ1n) is 7.45. The van der Waals surface area contributed by atoms with Crippen LogP contribution in [-0.4, -0.2) is 40.4 Å². The van der Waals surface area contributed by atoms with E-state index in [4.69, 9.17) is 18.9 Å². The Morgan fingerprint density at radius 3 is 2.25 bits per heavy atom. The van der Waals surface area contributed by atoms with Gasteiger partial charge in [0.05, 0.1) is 27.9 Å². The molecule has 2 aromatic rings. The van der Waals surface area contributed by atoms with E-state index in [2.05, 4.69) is 5.32 Å². The van der Waals surface area contributed by atoms with Crippen molar-refractivity contribution in [3.8, 4) is 23.0 Å². The zero-order chi connectivity index (χ0) is 17.4. The molecule has 0 aromatic heterocycles. The Bertz CT molecular complexity index is 670. The van der Waals surface area contributed by atoms with Crippen LogP contribution in [0.3, 0.4) is 0 Å². The number of amides is 1. The van der Waals surface area contributed by atoms with Crippen LogP contribution < -0.4 is 24.3 Å². The van der Waals surface area contributed by atoms with Gasteiger partial charge in [-0.05, 0) is 36.4 Å². The molecule has 0 bridgehead atoms. The van der Waals surface area contributed by atoms with Gasteiger partial charge in [0.2, 0.25) is 5.75 Å². The maximum absolute atomic E-state index is 12.0. The highest BCUT2D eigenvalue weighted by Gasteiger charge is 2.11. The molecule has 6 heteroatoms. The van der Waals surface area contributed by atoms with E-state index in [9.17, 15) is 4.79 Å². The van der Waals surface area contributed by atoms with Gasteiger partial charge in [-0.15, -0.1) is 0 Å². The molecule has 0 aliphatic rings. The summed E-state index contributed by atoms with van der Waals surface area (Å²) in [7, 11) is 4.70. The number of hydrogen-bond donors (Lipinski definition) is 1. The summed E-state index contributed by atoms with van der Waals surface area (Å²) >= 11 is 0. The van der Waals surface area contributed by atoms with Crippen molar-refractivity contribution in [2.75, 3.05) is 34.5 Å². The lowest BCUT2D eigenvalue weighted by molar-refractivity contribution is 0.0946. The molecule has 0 saturated heterocycles. The largest absolute Gasteiger partial charge is 0.497 e. The van der Waals surface area contributed by atoms with E-state index in [1.54, 1.807) is 57.7 Å². The molecule has 2 rings (SSSR count). The lowest BCUT2D eigenvalue weighted by Gasteiger charge is -2.13. The average molecular weight is 331 g/mol. The van der Waals surface area contributed by atoms with Crippen LogP contribution >= 0.6 is 0 Å². The number of ether oxygens (including phenoxy) is 4. The minimum absolute atomic E-state index is 0.168. The molecule has 0 atom stereocenters. The maximum Gasteiger partial charge on any atom is 0.251 e. The second-order valence-corrected chi connectivity index (χ2v) is 4.82. The fourth-order valence-electron chi connectivity index (χ4n) is 2.14. The van der Waals surface area contributed by atoms with E-state index in [1.165, 1.54) is 0 Å². The summed E-state index contributed by atoms with van der Waals surface area (Å²) in [5.41, 5.74) is 0.565. The second-order valence-electron chi connectivity index (χ2n) is 4.82. The first-order valence-corrected chi connectivity index (χ1v) is 7.45. The minimum Gasteiger partial charge on any atom is -0.497 e. The molecule has 6 nitrogen and oxygen atoms in total. The predicted molar refractivity (Wildman–Crippen MR) is 90.4 cm³/mol. The Labute approximate surface area is 141 Å². The van der Waals surface area contributed by atoms with Gasteiger partial charge in [0.25, 0.3) is 5.91 Å². The van der Waals surface area contributed by atoms with Gasteiger partial charge < -0.3 is 24.3 Å². The number of hydrogen-bond acceptors (Lipinski definition) is 5. The number of para-hydroxylation sites is 1. The third kappa shape index (κ3) is 4.32. The van der Waals surface area contributed by atoms with Gasteiger partial charge >= 0.3 is 0 Å². The molecule has 0 aliphatic carbocycles. The van der Waals surface area contributed by atoms with Crippen LogP contribution in [0, 0.1) is 0 Å². The number of benzene rings is 2. The molecule has 0 unspecified atom stereocenters. The average Bonchev–Trinajstić information content (AvgIpc) is 2.64. The Morgan fingerprint density at radius 1 is 0.917 bits per heavy atom. The maximum atomic E-state index is 12.0. The zero-order valence-electron chi connectivity index (χ0n) is 14.0. The van der Waals surface area contributed by atoms with E-state index in [1.807, 2.05) is 6.07 Å². The van der Waals surface area contributed by atoms with Gasteiger partial charge in [-0.25, -0.2) is 0 Å². The van der Waals surface area contributed by atoms with Crippen LogP contribution in [0.2, 0.25) is 0 Å². The van der Waals surface area contributed by atoms with Crippen LogP contribution in [0.15, 0.2) is 42.5 Å². The van der Waals surface area contributed by atoms with Crippen LogP contribution in [0.4, 0.5) is 0 Å². The lowest BCUT2D eigenvalue weighted by atomic mass is 10.2. The van der Waals surface area contributed by atoms with E-state index in [0.717, 1.165) is 0 Å². The van der Waals surface area contributed by atoms with Crippen molar-refractivity contribution in [3.05, 3.63) is 48.0 Å². The first-order chi connectivity index (χ1) is 11.7. The van der Waals surface area contributed by atoms with Crippen molar-refractivity contribution in [1.82, 2.24) is 5.32 Å². The van der Waals surface area contributed by atoms with Gasteiger partial charge in [0.1, 0.15) is 12.4 Å². The van der Waals surface area contributed by atoms with Crippen molar-refractivity contribution < 1.29 is 23.7 Å². The minimum atomic E-state index is -0.168. The molecule has 1 N–H and O–H groups in total. The quantitative estimate of drug-likeness (QED) is 0.753. The van der Waals surface area contributed by atoms with E-state index in [0.29, 0.717) is 41.7 Å². The standard InChI is InChI=1S/C18H21NO5/c1-21-14-9-7-13(8-10-14)18(20)19-11-12-24-16-6-4-5-15(22-2)17(16)23-3/h4-10H,11-12H2,1-3H3,(H,19,20). The van der Waals surface area contributed by atoms with Gasteiger partial charge in [0, 0.05) is 5.56 Å². The number of carbonyl (C=O) groups excluding carboxylic acids is 1. The fraction of sp³-hybridized carbons (Fsp3) is 0.278. The number of carbonyl (C=O) groups is 1. The summed E-state index contributed by atoms with van der Waals surface area (Å²) in [6, 6.07) is 12.3. The summed E-state index contributed by atoms with van der Waals surface area (Å²) in [5.74, 6) is 2.23. The SMILES string of the molecule is COc1ccc(C(=O)NCCOc2cccc(OC)c2OC)cc1. The Kier molecular flexibility index (Phi) is 6.31. The molecule has 1 amide bonds. The molecule has 0 radical (unpaired) electrons. The summed E-state index contributed by atoms with van der Waals surface area (Å²) in [6.45, 7) is 0.677. The Balaban J connectivity index is 1.85. The summed E-state index contributed by atoms with van der Waals surface area (Å²) < 4.78 is 21.2. The third-order valence-corrected chi connectivity index (χ3v) is 3.36. The fourth-order valence-corrected chi connectivity index (χ4v) is 2.14. The van der Waals surface area contributed by atoms with Crippen molar-refractivity contribution in [2.45, 2.75) is 0 Å². The van der Waals surface area contributed by atoms with E-state index in [-0.39, 0.29) is 5.91 Å². The molecule has 24 heavy (non-hydrogen) atoms. The summed E-state index contributed by atoms with van der Waals surface area (Å²) in [4.78, 5) is 12.0. The molecule has 0 aliphatic heterocycles. The number of rotatable bonds is 8. The van der Waals surface area contributed by atoms with E-state index >= 15 is 0 Å². The zero-order valence-corrected chi connectivity index (χ0v) is 14.0. The molecule has 0 spiro atoms. The summed E-state index contributed by atoms with van der Waals surface area (Å²) in [6.07, 6.45) is 0.